The molecule has 0 aromatic heterocycles. The summed E-state index contributed by atoms with van der Waals surface area (Å²) < 4.78 is 10.9. The number of nitrogens with zero attached hydrogens (tertiary/aromatic N) is 1. The molecule has 1 fully saturated rings. The van der Waals surface area contributed by atoms with E-state index in [9.17, 15) is 9.90 Å². The van der Waals surface area contributed by atoms with Gasteiger partial charge >= 0.3 is 6.09 Å². The zero-order valence-corrected chi connectivity index (χ0v) is 12.8. The number of aliphatic hydroxyl groups excluding tert-OH is 1. The van der Waals surface area contributed by atoms with Gasteiger partial charge in [0.15, 0.2) is 0 Å². The molecule has 116 valence electrons. The molecule has 2 rings (SSSR count). The molecule has 0 aliphatic carbocycles. The molecule has 1 aromatic carbocycles. The lowest BCUT2D eigenvalue weighted by atomic mass is 10.2. The van der Waals surface area contributed by atoms with Crippen LogP contribution in [0.5, 0.6) is 0 Å². The van der Waals surface area contributed by atoms with Crippen molar-refractivity contribution in [3.63, 3.8) is 0 Å². The van der Waals surface area contributed by atoms with E-state index in [1.807, 2.05) is 51.1 Å². The third-order valence-corrected chi connectivity index (χ3v) is 3.26. The standard InChI is InChI=1S/C16H23NO4/c1-16(2,3)21-15(19)17-13(9-18)14(17)11-20-10-12-7-5-4-6-8-12/h4-8,13-14,18H,9-11H2,1-3H3/t13-,14-,17?/m0/s1. The van der Waals surface area contributed by atoms with E-state index in [4.69, 9.17) is 9.47 Å². The zero-order valence-electron chi connectivity index (χ0n) is 12.8. The molecule has 1 amide bonds. The summed E-state index contributed by atoms with van der Waals surface area (Å²) in [6.45, 7) is 6.30. The van der Waals surface area contributed by atoms with Crippen LogP contribution in [0.4, 0.5) is 4.79 Å². The van der Waals surface area contributed by atoms with Crippen molar-refractivity contribution in [2.75, 3.05) is 13.2 Å². The molecule has 1 heterocycles. The quantitative estimate of drug-likeness (QED) is 0.845. The van der Waals surface area contributed by atoms with E-state index in [0.29, 0.717) is 13.2 Å². The molecule has 2 atom stereocenters. The average molecular weight is 293 g/mol. The van der Waals surface area contributed by atoms with Crippen molar-refractivity contribution < 1.29 is 19.4 Å². The summed E-state index contributed by atoms with van der Waals surface area (Å²) >= 11 is 0. The number of carbonyl (C=O) groups is 1. The topological polar surface area (TPSA) is 58.8 Å². The Bertz CT molecular complexity index is 469. The highest BCUT2D eigenvalue weighted by molar-refractivity contribution is 5.72. The minimum Gasteiger partial charge on any atom is -0.444 e. The first kappa shape index (κ1) is 15.8. The molecule has 1 saturated heterocycles. The van der Waals surface area contributed by atoms with E-state index in [1.54, 1.807) is 0 Å². The van der Waals surface area contributed by atoms with Crippen molar-refractivity contribution in [2.45, 2.75) is 45.1 Å². The monoisotopic (exact) mass is 293 g/mol. The van der Waals surface area contributed by atoms with Gasteiger partial charge < -0.3 is 14.6 Å². The number of hydrogen-bond acceptors (Lipinski definition) is 4. The van der Waals surface area contributed by atoms with Crippen LogP contribution in [0.2, 0.25) is 0 Å². The normalized spacial score (nSPS) is 21.2. The number of rotatable bonds is 5. The lowest BCUT2D eigenvalue weighted by molar-refractivity contribution is 0.0353. The second-order valence-corrected chi connectivity index (χ2v) is 6.21. The lowest BCUT2D eigenvalue weighted by Crippen LogP contribution is -2.29. The maximum absolute atomic E-state index is 12.0. The van der Waals surface area contributed by atoms with Crippen molar-refractivity contribution in [2.24, 2.45) is 0 Å². The van der Waals surface area contributed by atoms with E-state index in [-0.39, 0.29) is 18.7 Å². The van der Waals surface area contributed by atoms with Crippen LogP contribution in [0.25, 0.3) is 0 Å². The van der Waals surface area contributed by atoms with E-state index in [1.165, 1.54) is 4.90 Å². The summed E-state index contributed by atoms with van der Waals surface area (Å²) in [5.74, 6) is 0. The minimum absolute atomic E-state index is 0.0708. The largest absolute Gasteiger partial charge is 0.444 e. The van der Waals surface area contributed by atoms with Gasteiger partial charge in [0.1, 0.15) is 5.60 Å². The van der Waals surface area contributed by atoms with Crippen LogP contribution in [-0.4, -0.2) is 47.0 Å². The SMILES string of the molecule is CC(C)(C)OC(=O)N1[C@@H](CO)[C@@H]1COCc1ccccc1. The highest BCUT2D eigenvalue weighted by Gasteiger charge is 2.52. The number of carbonyl (C=O) groups excluding carboxylic acids is 1. The summed E-state index contributed by atoms with van der Waals surface area (Å²) in [7, 11) is 0. The second kappa shape index (κ2) is 6.45. The van der Waals surface area contributed by atoms with Gasteiger partial charge in [-0.05, 0) is 26.3 Å². The molecule has 0 radical (unpaired) electrons. The molecule has 1 N–H and O–H groups in total. The summed E-state index contributed by atoms with van der Waals surface area (Å²) in [6.07, 6.45) is -0.394. The Balaban J connectivity index is 1.79. The summed E-state index contributed by atoms with van der Waals surface area (Å²) in [4.78, 5) is 13.5. The van der Waals surface area contributed by atoms with Crippen LogP contribution in [-0.2, 0) is 16.1 Å². The molecule has 21 heavy (non-hydrogen) atoms. The van der Waals surface area contributed by atoms with E-state index in [0.717, 1.165) is 5.56 Å². The Morgan fingerprint density at radius 2 is 1.90 bits per heavy atom. The summed E-state index contributed by atoms with van der Waals surface area (Å²) in [5.41, 5.74) is 0.553. The molecule has 0 spiro atoms. The average Bonchev–Trinajstić information content (AvgIpc) is 3.11. The van der Waals surface area contributed by atoms with Crippen LogP contribution >= 0.6 is 0 Å². The third kappa shape index (κ3) is 4.44. The van der Waals surface area contributed by atoms with Gasteiger partial charge in [-0.25, -0.2) is 4.79 Å². The number of hydrogen-bond donors (Lipinski definition) is 1. The first-order valence-corrected chi connectivity index (χ1v) is 7.16. The summed E-state index contributed by atoms with van der Waals surface area (Å²) in [5, 5.41) is 9.31. The van der Waals surface area contributed by atoms with Crippen molar-refractivity contribution >= 4 is 6.09 Å². The van der Waals surface area contributed by atoms with Crippen molar-refractivity contribution in [1.29, 1.82) is 0 Å². The molecule has 1 aliphatic rings. The maximum atomic E-state index is 12.0. The highest BCUT2D eigenvalue weighted by Crippen LogP contribution is 2.30. The molecular weight excluding hydrogens is 270 g/mol. The van der Waals surface area contributed by atoms with E-state index >= 15 is 0 Å². The molecule has 1 aliphatic heterocycles. The van der Waals surface area contributed by atoms with Crippen LogP contribution in [0.15, 0.2) is 30.3 Å². The number of benzene rings is 1. The van der Waals surface area contributed by atoms with Gasteiger partial charge in [0, 0.05) is 0 Å². The van der Waals surface area contributed by atoms with Gasteiger partial charge in [-0.1, -0.05) is 30.3 Å². The molecule has 1 aromatic rings. The fourth-order valence-electron chi connectivity index (χ4n) is 2.19. The number of amides is 1. The predicted octanol–water partition coefficient (Wildman–Crippen LogP) is 2.18. The molecule has 5 nitrogen and oxygen atoms in total. The Morgan fingerprint density at radius 1 is 1.24 bits per heavy atom. The lowest BCUT2D eigenvalue weighted by Gasteiger charge is -2.20. The van der Waals surface area contributed by atoms with Gasteiger partial charge in [0.05, 0.1) is 31.9 Å². The maximum Gasteiger partial charge on any atom is 0.411 e. The van der Waals surface area contributed by atoms with Gasteiger partial charge in [-0.3, -0.25) is 4.90 Å². The Kier molecular flexibility index (Phi) is 4.85. The fraction of sp³-hybridized carbons (Fsp3) is 0.562. The van der Waals surface area contributed by atoms with Gasteiger partial charge in [0.2, 0.25) is 0 Å². The predicted molar refractivity (Wildman–Crippen MR) is 78.8 cm³/mol. The number of ether oxygens (including phenoxy) is 2. The van der Waals surface area contributed by atoms with Crippen molar-refractivity contribution in [1.82, 2.24) is 4.90 Å². The second-order valence-electron chi connectivity index (χ2n) is 6.21. The molecule has 5 heteroatoms. The van der Waals surface area contributed by atoms with Gasteiger partial charge in [-0.15, -0.1) is 0 Å². The van der Waals surface area contributed by atoms with E-state index in [2.05, 4.69) is 0 Å². The Morgan fingerprint density at radius 3 is 2.48 bits per heavy atom. The first-order chi connectivity index (χ1) is 9.92. The van der Waals surface area contributed by atoms with Crippen molar-refractivity contribution in [3.8, 4) is 0 Å². The number of aliphatic hydroxyl groups is 1. The van der Waals surface area contributed by atoms with Crippen LogP contribution < -0.4 is 0 Å². The molecule has 0 bridgehead atoms. The van der Waals surface area contributed by atoms with Gasteiger partial charge in [-0.2, -0.15) is 0 Å². The van der Waals surface area contributed by atoms with Gasteiger partial charge in [0.25, 0.3) is 0 Å². The minimum atomic E-state index is -0.533. The summed E-state index contributed by atoms with van der Waals surface area (Å²) in [6, 6.07) is 9.54. The first-order valence-electron chi connectivity index (χ1n) is 7.16. The van der Waals surface area contributed by atoms with E-state index < -0.39 is 11.7 Å². The smallest absolute Gasteiger partial charge is 0.411 e. The molecule has 0 unspecified atom stereocenters. The van der Waals surface area contributed by atoms with Crippen LogP contribution in [0.1, 0.15) is 26.3 Å². The van der Waals surface area contributed by atoms with Crippen molar-refractivity contribution in [3.05, 3.63) is 35.9 Å². The molecular formula is C16H23NO4. The highest BCUT2D eigenvalue weighted by atomic mass is 16.6. The Hall–Kier alpha value is -1.59. The molecule has 0 saturated carbocycles. The fourth-order valence-corrected chi connectivity index (χ4v) is 2.19. The van der Waals surface area contributed by atoms with Crippen LogP contribution in [0, 0.1) is 0 Å². The third-order valence-electron chi connectivity index (χ3n) is 3.26. The van der Waals surface area contributed by atoms with Crippen LogP contribution in [0.3, 0.4) is 0 Å². The Labute approximate surface area is 125 Å². The zero-order chi connectivity index (χ0) is 15.5.